The molecule has 0 bridgehead atoms. The van der Waals surface area contributed by atoms with Crippen LogP contribution < -0.4 is 5.73 Å². The van der Waals surface area contributed by atoms with Gasteiger partial charge in [0.15, 0.2) is 0 Å². The second-order valence-corrected chi connectivity index (χ2v) is 7.19. The molecule has 2 nitrogen and oxygen atoms in total. The molecule has 1 aromatic carbocycles. The number of aryl methyl sites for hydroxylation is 2. The molecule has 0 radical (unpaired) electrons. The van der Waals surface area contributed by atoms with E-state index in [-0.39, 0.29) is 5.92 Å². The first-order valence-electron chi connectivity index (χ1n) is 7.44. The van der Waals surface area contributed by atoms with Gasteiger partial charge in [-0.2, -0.15) is 0 Å². The van der Waals surface area contributed by atoms with E-state index in [0.29, 0.717) is 11.6 Å². The third-order valence-corrected chi connectivity index (χ3v) is 5.90. The van der Waals surface area contributed by atoms with Gasteiger partial charge < -0.3 is 10.8 Å². The maximum atomic E-state index is 10.8. The normalized spacial score (nSPS) is 17.3. The highest BCUT2D eigenvalue weighted by atomic mass is 35.5. The van der Waals surface area contributed by atoms with Crippen molar-refractivity contribution in [2.75, 3.05) is 6.54 Å². The first-order valence-corrected chi connectivity index (χ1v) is 8.64. The molecular formula is C17H20ClNOS. The molecule has 1 aliphatic rings. The zero-order chi connectivity index (χ0) is 14.8. The van der Waals surface area contributed by atoms with Crippen LogP contribution in [0, 0.1) is 0 Å². The molecule has 112 valence electrons. The van der Waals surface area contributed by atoms with Crippen molar-refractivity contribution in [2.45, 2.75) is 37.7 Å². The Labute approximate surface area is 134 Å². The molecule has 0 fully saturated rings. The van der Waals surface area contributed by atoms with E-state index in [1.165, 1.54) is 23.3 Å². The average Bonchev–Trinajstić information content (AvgIpc) is 2.93. The molecule has 2 aromatic rings. The number of fused-ring (bicyclic) bond motifs is 1. The number of aliphatic hydroxyl groups is 1. The highest BCUT2D eigenvalue weighted by Gasteiger charge is 2.26. The van der Waals surface area contributed by atoms with Crippen LogP contribution in [0.15, 0.2) is 30.3 Å². The predicted molar refractivity (Wildman–Crippen MR) is 89.2 cm³/mol. The van der Waals surface area contributed by atoms with Crippen molar-refractivity contribution in [1.29, 1.82) is 0 Å². The van der Waals surface area contributed by atoms with Gasteiger partial charge in [-0.05, 0) is 48.9 Å². The van der Waals surface area contributed by atoms with E-state index in [1.807, 2.05) is 24.3 Å². The van der Waals surface area contributed by atoms with Gasteiger partial charge >= 0.3 is 0 Å². The van der Waals surface area contributed by atoms with Gasteiger partial charge in [-0.15, -0.1) is 11.3 Å². The van der Waals surface area contributed by atoms with Crippen molar-refractivity contribution in [1.82, 2.24) is 0 Å². The minimum Gasteiger partial charge on any atom is -0.387 e. The maximum absolute atomic E-state index is 10.8. The molecule has 21 heavy (non-hydrogen) atoms. The molecular weight excluding hydrogens is 302 g/mol. The van der Waals surface area contributed by atoms with Crippen LogP contribution >= 0.6 is 22.9 Å². The highest BCUT2D eigenvalue weighted by Crippen LogP contribution is 2.39. The van der Waals surface area contributed by atoms with E-state index in [4.69, 9.17) is 17.3 Å². The number of aliphatic hydroxyl groups excluding tert-OH is 1. The molecule has 2 atom stereocenters. The van der Waals surface area contributed by atoms with E-state index in [9.17, 15) is 5.11 Å². The topological polar surface area (TPSA) is 46.2 Å². The Bertz CT molecular complexity index is 602. The van der Waals surface area contributed by atoms with Crippen LogP contribution in [0.5, 0.6) is 0 Å². The van der Waals surface area contributed by atoms with E-state index in [1.54, 1.807) is 11.3 Å². The largest absolute Gasteiger partial charge is 0.387 e. The van der Waals surface area contributed by atoms with E-state index in [0.717, 1.165) is 23.3 Å². The third kappa shape index (κ3) is 3.02. The van der Waals surface area contributed by atoms with Crippen LogP contribution in [-0.4, -0.2) is 11.7 Å². The molecule has 3 rings (SSSR count). The second-order valence-electron chi connectivity index (χ2n) is 5.61. The number of nitrogens with two attached hydrogens (primary N) is 1. The standard InChI is InChI=1S/C17H20ClNOS/c18-14-7-3-2-6-12(14)13(10-19)17(20)16-9-11-5-1-4-8-15(11)21-16/h2-3,6-7,9,13,17,20H,1,4-5,8,10,19H2. The van der Waals surface area contributed by atoms with Gasteiger partial charge in [0.2, 0.25) is 0 Å². The van der Waals surface area contributed by atoms with Crippen molar-refractivity contribution < 1.29 is 5.11 Å². The fourth-order valence-electron chi connectivity index (χ4n) is 3.06. The van der Waals surface area contributed by atoms with Crippen LogP contribution in [0.3, 0.4) is 0 Å². The molecule has 1 aromatic heterocycles. The molecule has 0 amide bonds. The van der Waals surface area contributed by atoms with E-state index < -0.39 is 6.10 Å². The van der Waals surface area contributed by atoms with Crippen LogP contribution in [0.25, 0.3) is 0 Å². The molecule has 2 unspecified atom stereocenters. The van der Waals surface area contributed by atoms with Gasteiger partial charge in [0, 0.05) is 27.2 Å². The summed E-state index contributed by atoms with van der Waals surface area (Å²) in [5, 5.41) is 11.5. The highest BCUT2D eigenvalue weighted by molar-refractivity contribution is 7.12. The smallest absolute Gasteiger partial charge is 0.0963 e. The zero-order valence-electron chi connectivity index (χ0n) is 11.9. The lowest BCUT2D eigenvalue weighted by Gasteiger charge is -2.22. The van der Waals surface area contributed by atoms with Crippen LogP contribution in [0.4, 0.5) is 0 Å². The lowest BCUT2D eigenvalue weighted by molar-refractivity contribution is 0.151. The Hall–Kier alpha value is -0.870. The molecule has 0 saturated carbocycles. The van der Waals surface area contributed by atoms with E-state index >= 15 is 0 Å². The van der Waals surface area contributed by atoms with Crippen molar-refractivity contribution in [3.8, 4) is 0 Å². The molecule has 3 N–H and O–H groups in total. The van der Waals surface area contributed by atoms with Crippen molar-refractivity contribution in [2.24, 2.45) is 5.73 Å². The summed E-state index contributed by atoms with van der Waals surface area (Å²) >= 11 is 8.01. The quantitative estimate of drug-likeness (QED) is 0.892. The zero-order valence-corrected chi connectivity index (χ0v) is 13.5. The molecule has 0 spiro atoms. The van der Waals surface area contributed by atoms with Crippen LogP contribution in [0.2, 0.25) is 5.02 Å². The van der Waals surface area contributed by atoms with Gasteiger partial charge in [0.1, 0.15) is 0 Å². The minimum atomic E-state index is -0.578. The predicted octanol–water partition coefficient (Wildman–Crippen LogP) is 4.06. The molecule has 1 heterocycles. The summed E-state index contributed by atoms with van der Waals surface area (Å²) in [6.07, 6.45) is 4.22. The Morgan fingerprint density at radius 3 is 2.71 bits per heavy atom. The number of benzene rings is 1. The number of thiophene rings is 1. The number of hydrogen-bond donors (Lipinski definition) is 2. The van der Waals surface area contributed by atoms with Gasteiger partial charge in [0.25, 0.3) is 0 Å². The SMILES string of the molecule is NCC(c1ccccc1Cl)C(O)c1cc2c(s1)CCCC2. The Morgan fingerprint density at radius 2 is 2.00 bits per heavy atom. The van der Waals surface area contributed by atoms with Crippen molar-refractivity contribution >= 4 is 22.9 Å². The summed E-state index contributed by atoms with van der Waals surface area (Å²) in [7, 11) is 0. The molecule has 0 saturated heterocycles. The summed E-state index contributed by atoms with van der Waals surface area (Å²) in [5.41, 5.74) is 8.26. The molecule has 4 heteroatoms. The summed E-state index contributed by atoms with van der Waals surface area (Å²) < 4.78 is 0. The van der Waals surface area contributed by atoms with Crippen LogP contribution in [0.1, 0.15) is 45.7 Å². The third-order valence-electron chi connectivity index (χ3n) is 4.25. The lowest BCUT2D eigenvalue weighted by atomic mass is 9.91. The Kier molecular flexibility index (Phi) is 4.65. The van der Waals surface area contributed by atoms with Crippen molar-refractivity contribution in [3.63, 3.8) is 0 Å². The van der Waals surface area contributed by atoms with Gasteiger partial charge in [-0.3, -0.25) is 0 Å². The summed E-state index contributed by atoms with van der Waals surface area (Å²) in [4.78, 5) is 2.46. The molecule has 1 aliphatic carbocycles. The van der Waals surface area contributed by atoms with Gasteiger partial charge in [0.05, 0.1) is 6.10 Å². The number of hydrogen-bond acceptors (Lipinski definition) is 3. The first kappa shape index (κ1) is 15.0. The van der Waals surface area contributed by atoms with Crippen molar-refractivity contribution in [3.05, 3.63) is 56.2 Å². The monoisotopic (exact) mass is 321 g/mol. The Balaban J connectivity index is 1.90. The maximum Gasteiger partial charge on any atom is 0.0963 e. The summed E-state index contributed by atoms with van der Waals surface area (Å²) in [6, 6.07) is 9.82. The number of rotatable bonds is 4. The minimum absolute atomic E-state index is 0.154. The van der Waals surface area contributed by atoms with Crippen LogP contribution in [-0.2, 0) is 12.8 Å². The average molecular weight is 322 g/mol. The summed E-state index contributed by atoms with van der Waals surface area (Å²) in [5.74, 6) is -0.154. The Morgan fingerprint density at radius 1 is 1.24 bits per heavy atom. The fraction of sp³-hybridized carbons (Fsp3) is 0.412. The summed E-state index contributed by atoms with van der Waals surface area (Å²) in [6.45, 7) is 0.382. The fourth-order valence-corrected chi connectivity index (χ4v) is 4.64. The van der Waals surface area contributed by atoms with Gasteiger partial charge in [-0.1, -0.05) is 29.8 Å². The van der Waals surface area contributed by atoms with E-state index in [2.05, 4.69) is 6.07 Å². The number of halogens is 1. The van der Waals surface area contributed by atoms with Gasteiger partial charge in [-0.25, -0.2) is 0 Å². The second kappa shape index (κ2) is 6.49. The first-order chi connectivity index (χ1) is 10.2. The molecule has 0 aliphatic heterocycles. The lowest BCUT2D eigenvalue weighted by Crippen LogP contribution is -2.20.